The van der Waals surface area contributed by atoms with E-state index in [1.807, 2.05) is 51.1 Å². The summed E-state index contributed by atoms with van der Waals surface area (Å²) in [6.07, 6.45) is 2.07. The molecule has 4 heterocycles. The summed E-state index contributed by atoms with van der Waals surface area (Å²) in [5.41, 5.74) is 4.73. The molecule has 1 aliphatic heterocycles. The standard InChI is InChI=1S/C36H41ClN6O4S/c1-23-16-29(48-20-23)26-10-11-27(28(37)17-26)19-42-14-12-36(46,13-15-42)21-43-22-39-30-31(33(43)44)40-41(5)32(30)25-8-6-24(7-9-25)18-38-34(45)47-35(2,3)4/h6-11,16-17,20,22,46H,12-15,18-19,21H2,1-5H3,(H,38,45). The molecule has 1 fully saturated rings. The van der Waals surface area contributed by atoms with Crippen molar-refractivity contribution in [2.24, 2.45) is 7.05 Å². The molecule has 2 N–H and O–H groups in total. The molecule has 0 saturated carbocycles. The van der Waals surface area contributed by atoms with Gasteiger partial charge in [0.1, 0.15) is 11.1 Å². The van der Waals surface area contributed by atoms with E-state index in [0.29, 0.717) is 50.2 Å². The molecule has 0 spiro atoms. The van der Waals surface area contributed by atoms with Gasteiger partial charge in [-0.3, -0.25) is 18.9 Å². The number of carbonyl (C=O) groups is 1. The number of thiophene rings is 1. The van der Waals surface area contributed by atoms with Gasteiger partial charge in [-0.25, -0.2) is 9.78 Å². The van der Waals surface area contributed by atoms with Crippen molar-refractivity contribution in [1.29, 1.82) is 0 Å². The molecule has 252 valence electrons. The van der Waals surface area contributed by atoms with Gasteiger partial charge in [0, 0.05) is 48.7 Å². The molecular formula is C36H41ClN6O4S. The quantitative estimate of drug-likeness (QED) is 0.190. The number of hydrogen-bond acceptors (Lipinski definition) is 8. The molecule has 0 bridgehead atoms. The lowest BCUT2D eigenvalue weighted by atomic mass is 9.91. The lowest BCUT2D eigenvalue weighted by Crippen LogP contribution is -2.47. The topological polar surface area (TPSA) is 115 Å². The molecule has 0 unspecified atom stereocenters. The van der Waals surface area contributed by atoms with E-state index in [9.17, 15) is 14.7 Å². The Kier molecular flexibility index (Phi) is 9.50. The van der Waals surface area contributed by atoms with E-state index in [0.717, 1.165) is 27.3 Å². The fourth-order valence-electron chi connectivity index (χ4n) is 6.05. The number of amides is 1. The van der Waals surface area contributed by atoms with Crippen molar-refractivity contribution in [1.82, 2.24) is 29.5 Å². The summed E-state index contributed by atoms with van der Waals surface area (Å²) < 4.78 is 8.43. The number of nitrogens with zero attached hydrogens (tertiary/aromatic N) is 5. The van der Waals surface area contributed by atoms with E-state index in [1.165, 1.54) is 21.3 Å². The molecule has 48 heavy (non-hydrogen) atoms. The van der Waals surface area contributed by atoms with Crippen molar-refractivity contribution in [2.45, 2.75) is 71.4 Å². The third-order valence-electron chi connectivity index (χ3n) is 8.59. The number of aromatic nitrogens is 4. The Hall–Kier alpha value is -4.03. The fraction of sp³-hybridized carbons (Fsp3) is 0.389. The van der Waals surface area contributed by atoms with Gasteiger partial charge in [-0.15, -0.1) is 11.3 Å². The second-order valence-electron chi connectivity index (χ2n) is 13.7. The number of aryl methyl sites for hydroxylation is 2. The number of alkyl carbamates (subject to hydrolysis) is 1. The minimum absolute atomic E-state index is 0.142. The zero-order chi connectivity index (χ0) is 34.2. The first-order chi connectivity index (χ1) is 22.8. The van der Waals surface area contributed by atoms with Gasteiger partial charge < -0.3 is 15.2 Å². The van der Waals surface area contributed by atoms with E-state index in [1.54, 1.807) is 23.1 Å². The first kappa shape index (κ1) is 33.9. The van der Waals surface area contributed by atoms with Gasteiger partial charge in [0.25, 0.3) is 5.56 Å². The summed E-state index contributed by atoms with van der Waals surface area (Å²) in [5.74, 6) is 0. The van der Waals surface area contributed by atoms with Crippen molar-refractivity contribution < 1.29 is 14.6 Å². The van der Waals surface area contributed by atoms with Crippen LogP contribution in [0.5, 0.6) is 0 Å². The predicted molar refractivity (Wildman–Crippen MR) is 190 cm³/mol. The van der Waals surface area contributed by atoms with E-state index < -0.39 is 17.3 Å². The molecule has 10 nitrogen and oxygen atoms in total. The fourth-order valence-corrected chi connectivity index (χ4v) is 7.19. The molecule has 1 amide bonds. The lowest BCUT2D eigenvalue weighted by molar-refractivity contribution is -0.0364. The normalized spacial score (nSPS) is 15.1. The second kappa shape index (κ2) is 13.5. The molecule has 0 atom stereocenters. The van der Waals surface area contributed by atoms with Crippen LogP contribution in [-0.2, 0) is 31.4 Å². The lowest BCUT2D eigenvalue weighted by Gasteiger charge is -2.38. The number of hydrogen-bond donors (Lipinski definition) is 2. The number of fused-ring (bicyclic) bond motifs is 1. The van der Waals surface area contributed by atoms with Crippen LogP contribution >= 0.6 is 22.9 Å². The first-order valence-electron chi connectivity index (χ1n) is 16.0. The maximum absolute atomic E-state index is 13.6. The third kappa shape index (κ3) is 7.65. The largest absolute Gasteiger partial charge is 0.444 e. The Bertz CT molecular complexity index is 2000. The number of benzene rings is 2. The Morgan fingerprint density at radius 1 is 1.08 bits per heavy atom. The van der Waals surface area contributed by atoms with Crippen LogP contribution in [0.4, 0.5) is 4.79 Å². The summed E-state index contributed by atoms with van der Waals surface area (Å²) in [6.45, 7) is 10.1. The summed E-state index contributed by atoms with van der Waals surface area (Å²) in [5, 5.41) is 21.7. The number of rotatable bonds is 8. The number of piperidine rings is 1. The molecule has 1 saturated heterocycles. The molecule has 0 radical (unpaired) electrons. The monoisotopic (exact) mass is 688 g/mol. The number of nitrogens with one attached hydrogen (secondary N) is 1. The van der Waals surface area contributed by atoms with Crippen molar-refractivity contribution in [2.75, 3.05) is 13.1 Å². The van der Waals surface area contributed by atoms with Crippen molar-refractivity contribution >= 4 is 40.1 Å². The first-order valence-corrected chi connectivity index (χ1v) is 17.3. The zero-order valence-electron chi connectivity index (χ0n) is 27.9. The highest BCUT2D eigenvalue weighted by atomic mass is 35.5. The molecule has 3 aromatic heterocycles. The van der Waals surface area contributed by atoms with Crippen LogP contribution in [-0.4, -0.2) is 59.7 Å². The van der Waals surface area contributed by atoms with Crippen molar-refractivity contribution in [3.63, 3.8) is 0 Å². The van der Waals surface area contributed by atoms with Crippen molar-refractivity contribution in [3.8, 4) is 21.7 Å². The van der Waals surface area contributed by atoms with Crippen LogP contribution in [0.15, 0.2) is 65.0 Å². The number of aliphatic hydroxyl groups is 1. The highest BCUT2D eigenvalue weighted by molar-refractivity contribution is 7.13. The van der Waals surface area contributed by atoms with Crippen molar-refractivity contribution in [3.05, 3.63) is 92.3 Å². The van der Waals surface area contributed by atoms with Gasteiger partial charge in [0.2, 0.25) is 0 Å². The molecule has 5 aromatic rings. The third-order valence-corrected chi connectivity index (χ3v) is 10.0. The van der Waals surface area contributed by atoms with Gasteiger partial charge in [-0.1, -0.05) is 48.0 Å². The average molecular weight is 689 g/mol. The Morgan fingerprint density at radius 3 is 2.44 bits per heavy atom. The number of halogens is 1. The number of likely N-dealkylation sites (tertiary alicyclic amines) is 1. The smallest absolute Gasteiger partial charge is 0.407 e. The Labute approximate surface area is 288 Å². The van der Waals surface area contributed by atoms with Gasteiger partial charge in [-0.05, 0) is 80.3 Å². The Balaban J connectivity index is 1.09. The van der Waals surface area contributed by atoms with Crippen LogP contribution < -0.4 is 10.9 Å². The highest BCUT2D eigenvalue weighted by Crippen LogP contribution is 2.32. The highest BCUT2D eigenvalue weighted by Gasteiger charge is 2.33. The van der Waals surface area contributed by atoms with Gasteiger partial charge in [0.05, 0.1) is 24.2 Å². The average Bonchev–Trinajstić information content (AvgIpc) is 3.62. The minimum atomic E-state index is -1.04. The van der Waals surface area contributed by atoms with Crippen LogP contribution in [0.25, 0.3) is 32.7 Å². The van der Waals surface area contributed by atoms with Crippen LogP contribution in [0.1, 0.15) is 50.3 Å². The second-order valence-corrected chi connectivity index (χ2v) is 15.0. The maximum atomic E-state index is 13.6. The van der Waals surface area contributed by atoms with Gasteiger partial charge >= 0.3 is 6.09 Å². The van der Waals surface area contributed by atoms with E-state index in [4.69, 9.17) is 16.3 Å². The molecule has 2 aromatic carbocycles. The van der Waals surface area contributed by atoms with Gasteiger partial charge in [-0.2, -0.15) is 5.10 Å². The molecule has 6 rings (SSSR count). The maximum Gasteiger partial charge on any atom is 0.407 e. The molecule has 1 aliphatic rings. The summed E-state index contributed by atoms with van der Waals surface area (Å²) >= 11 is 8.41. The number of ether oxygens (including phenoxy) is 1. The van der Waals surface area contributed by atoms with Crippen LogP contribution in [0.3, 0.4) is 0 Å². The number of carbonyl (C=O) groups excluding carboxylic acids is 1. The Morgan fingerprint density at radius 2 is 1.79 bits per heavy atom. The predicted octanol–water partition coefficient (Wildman–Crippen LogP) is 6.54. The van der Waals surface area contributed by atoms with E-state index >= 15 is 0 Å². The SMILES string of the molecule is Cc1csc(-c2ccc(CN3CCC(O)(Cn4cnc5c(-c6ccc(CNC(=O)OC(C)(C)C)cc6)n(C)nc5c4=O)CC3)c(Cl)c2)c1. The van der Waals surface area contributed by atoms with E-state index in [-0.39, 0.29) is 17.6 Å². The molecule has 12 heteroatoms. The van der Waals surface area contributed by atoms with E-state index in [2.05, 4.69) is 50.8 Å². The zero-order valence-corrected chi connectivity index (χ0v) is 29.5. The molecule has 0 aliphatic carbocycles. The van der Waals surface area contributed by atoms with Crippen LogP contribution in [0, 0.1) is 6.92 Å². The minimum Gasteiger partial charge on any atom is -0.444 e. The van der Waals surface area contributed by atoms with Gasteiger partial charge in [0.15, 0.2) is 5.52 Å². The summed E-state index contributed by atoms with van der Waals surface area (Å²) in [7, 11) is 1.78. The summed E-state index contributed by atoms with van der Waals surface area (Å²) in [6, 6.07) is 16.1. The molecular weight excluding hydrogens is 648 g/mol. The summed E-state index contributed by atoms with van der Waals surface area (Å²) in [4.78, 5) is 33.7. The van der Waals surface area contributed by atoms with Crippen LogP contribution in [0.2, 0.25) is 5.02 Å².